The van der Waals surface area contributed by atoms with E-state index in [9.17, 15) is 9.59 Å². The molecule has 1 N–H and O–H groups in total. The molecule has 2 aromatic heterocycles. The van der Waals surface area contributed by atoms with Gasteiger partial charge in [-0.05, 0) is 6.07 Å². The second-order valence-corrected chi connectivity index (χ2v) is 5.76. The van der Waals surface area contributed by atoms with Gasteiger partial charge in [0, 0.05) is 10.9 Å². The van der Waals surface area contributed by atoms with E-state index in [2.05, 4.69) is 20.3 Å². The van der Waals surface area contributed by atoms with Gasteiger partial charge in [-0.1, -0.05) is 53.7 Å². The third-order valence-electron chi connectivity index (χ3n) is 3.94. The Balaban J connectivity index is 1.43. The molecular formula is C19H14N4O4. The lowest BCUT2D eigenvalue weighted by Crippen LogP contribution is -2.15. The number of H-pyrrole nitrogens is 1. The van der Waals surface area contributed by atoms with Crippen molar-refractivity contribution in [1.82, 2.24) is 20.3 Å². The number of carbonyl (C=O) groups is 1. The van der Waals surface area contributed by atoms with Crippen LogP contribution in [0.4, 0.5) is 0 Å². The number of benzene rings is 2. The summed E-state index contributed by atoms with van der Waals surface area (Å²) in [4.78, 5) is 28.1. The number of nitrogens with zero attached hydrogens (tertiary/aromatic N) is 3. The van der Waals surface area contributed by atoms with Crippen LogP contribution >= 0.6 is 0 Å². The molecule has 8 heteroatoms. The first-order chi connectivity index (χ1) is 13.2. The molecule has 0 aliphatic heterocycles. The molecule has 0 bridgehead atoms. The van der Waals surface area contributed by atoms with Crippen molar-refractivity contribution in [1.29, 1.82) is 0 Å². The molecule has 4 aromatic rings. The number of hydrogen-bond donors (Lipinski definition) is 1. The van der Waals surface area contributed by atoms with E-state index in [0.29, 0.717) is 22.3 Å². The van der Waals surface area contributed by atoms with Crippen LogP contribution in [0, 0.1) is 0 Å². The first kappa shape index (κ1) is 16.6. The highest BCUT2D eigenvalue weighted by atomic mass is 16.6. The zero-order chi connectivity index (χ0) is 18.6. The molecule has 0 spiro atoms. The summed E-state index contributed by atoms with van der Waals surface area (Å²) in [5.41, 5.74) is 0.940. The Morgan fingerprint density at radius 2 is 1.78 bits per heavy atom. The van der Waals surface area contributed by atoms with Gasteiger partial charge in [0.05, 0.1) is 17.5 Å². The molecule has 0 aliphatic rings. The van der Waals surface area contributed by atoms with Crippen LogP contribution in [0.3, 0.4) is 0 Å². The minimum Gasteiger partial charge on any atom is -0.455 e. The van der Waals surface area contributed by atoms with Gasteiger partial charge in [-0.3, -0.25) is 9.59 Å². The molecule has 0 unspecified atom stereocenters. The summed E-state index contributed by atoms with van der Waals surface area (Å²) in [5.74, 6) is 0.107. The second-order valence-electron chi connectivity index (χ2n) is 5.76. The molecule has 27 heavy (non-hydrogen) atoms. The molecule has 0 fully saturated rings. The summed E-state index contributed by atoms with van der Waals surface area (Å²) in [7, 11) is 0. The third-order valence-corrected chi connectivity index (χ3v) is 3.94. The van der Waals surface area contributed by atoms with Crippen molar-refractivity contribution in [3.8, 4) is 11.4 Å². The Morgan fingerprint density at radius 3 is 2.59 bits per heavy atom. The van der Waals surface area contributed by atoms with Gasteiger partial charge in [-0.15, -0.1) is 0 Å². The van der Waals surface area contributed by atoms with Crippen LogP contribution in [0.5, 0.6) is 0 Å². The van der Waals surface area contributed by atoms with Crippen molar-refractivity contribution in [3.63, 3.8) is 0 Å². The molecule has 2 heterocycles. The molecule has 0 aliphatic carbocycles. The second kappa shape index (κ2) is 7.20. The Hall–Kier alpha value is -3.81. The first-order valence-corrected chi connectivity index (χ1v) is 8.20. The van der Waals surface area contributed by atoms with Gasteiger partial charge in [0.1, 0.15) is 0 Å². The highest BCUT2D eigenvalue weighted by molar-refractivity contribution is 5.86. The third kappa shape index (κ3) is 3.59. The predicted molar refractivity (Wildman–Crippen MR) is 95.6 cm³/mol. The Labute approximate surface area is 152 Å². The summed E-state index contributed by atoms with van der Waals surface area (Å²) in [6.07, 6.45) is -0.0863. The van der Waals surface area contributed by atoms with Crippen molar-refractivity contribution in [3.05, 3.63) is 76.5 Å². The number of carbonyl (C=O) groups excluding carboxylic acids is 1. The summed E-state index contributed by atoms with van der Waals surface area (Å²) >= 11 is 0. The van der Waals surface area contributed by atoms with E-state index in [1.165, 1.54) is 0 Å². The quantitative estimate of drug-likeness (QED) is 0.542. The maximum absolute atomic E-state index is 12.1. The van der Waals surface area contributed by atoms with Gasteiger partial charge in [0.15, 0.2) is 6.61 Å². The molecule has 0 amide bonds. The first-order valence-electron chi connectivity index (χ1n) is 8.20. The average Bonchev–Trinajstić information content (AvgIpc) is 3.19. The smallest absolute Gasteiger partial charge is 0.312 e. The van der Waals surface area contributed by atoms with E-state index in [-0.39, 0.29) is 24.5 Å². The lowest BCUT2D eigenvalue weighted by Gasteiger charge is -2.04. The van der Waals surface area contributed by atoms with Crippen LogP contribution in [-0.4, -0.2) is 26.3 Å². The fraction of sp³-hybridized carbons (Fsp3) is 0.105. The average molecular weight is 362 g/mol. The van der Waals surface area contributed by atoms with Gasteiger partial charge in [0.2, 0.25) is 5.82 Å². The van der Waals surface area contributed by atoms with Crippen molar-refractivity contribution >= 4 is 16.7 Å². The number of rotatable bonds is 5. The van der Waals surface area contributed by atoms with E-state index < -0.39 is 5.97 Å². The number of hydrogen-bond acceptors (Lipinski definition) is 7. The molecule has 134 valence electrons. The van der Waals surface area contributed by atoms with Crippen LogP contribution < -0.4 is 5.56 Å². The van der Waals surface area contributed by atoms with E-state index in [0.717, 1.165) is 5.56 Å². The van der Waals surface area contributed by atoms with Gasteiger partial charge >= 0.3 is 5.97 Å². The van der Waals surface area contributed by atoms with Crippen LogP contribution in [0.2, 0.25) is 0 Å². The number of aromatic nitrogens is 4. The van der Waals surface area contributed by atoms with Gasteiger partial charge in [0.25, 0.3) is 11.4 Å². The van der Waals surface area contributed by atoms with E-state index >= 15 is 0 Å². The largest absolute Gasteiger partial charge is 0.455 e. The fourth-order valence-corrected chi connectivity index (χ4v) is 2.65. The zero-order valence-electron chi connectivity index (χ0n) is 14.1. The van der Waals surface area contributed by atoms with Crippen molar-refractivity contribution < 1.29 is 14.1 Å². The Kier molecular flexibility index (Phi) is 4.44. The monoisotopic (exact) mass is 362 g/mol. The zero-order valence-corrected chi connectivity index (χ0v) is 14.1. The molecule has 0 saturated carbocycles. The van der Waals surface area contributed by atoms with Gasteiger partial charge in [-0.2, -0.15) is 10.1 Å². The molecular weight excluding hydrogens is 348 g/mol. The molecule has 0 saturated heterocycles. The number of nitrogens with one attached hydrogen (secondary N) is 1. The minimum atomic E-state index is -0.515. The number of fused-ring (bicyclic) bond motifs is 1. The Bertz CT molecular complexity index is 1150. The molecule has 0 radical (unpaired) electrons. The standard InChI is InChI=1S/C19H14N4O4/c24-17(10-15-13-8-4-5-9-14(13)19(25)22-21-15)26-11-16-20-18(23-27-16)12-6-2-1-3-7-12/h1-9H,10-11H2,(H,22,25). The van der Waals surface area contributed by atoms with Crippen LogP contribution in [0.25, 0.3) is 22.2 Å². The SMILES string of the molecule is O=C(Cc1n[nH]c(=O)c2ccccc12)OCc1nc(-c2ccccc2)no1. The minimum absolute atomic E-state index is 0.0863. The van der Waals surface area contributed by atoms with Gasteiger partial charge < -0.3 is 9.26 Å². The lowest BCUT2D eigenvalue weighted by molar-refractivity contribution is -0.144. The predicted octanol–water partition coefficient (Wildman–Crippen LogP) is 2.26. The van der Waals surface area contributed by atoms with E-state index in [1.807, 2.05) is 30.3 Å². The molecule has 2 aromatic carbocycles. The number of ether oxygens (including phenoxy) is 1. The van der Waals surface area contributed by atoms with Gasteiger partial charge in [-0.25, -0.2) is 5.10 Å². The highest BCUT2D eigenvalue weighted by Gasteiger charge is 2.14. The molecule has 8 nitrogen and oxygen atoms in total. The summed E-state index contributed by atoms with van der Waals surface area (Å²) in [6.45, 7) is -0.139. The molecule has 4 rings (SSSR count). The van der Waals surface area contributed by atoms with Crippen LogP contribution in [-0.2, 0) is 22.6 Å². The van der Waals surface area contributed by atoms with Crippen molar-refractivity contribution in [2.75, 3.05) is 0 Å². The number of esters is 1. The summed E-state index contributed by atoms with van der Waals surface area (Å²) < 4.78 is 10.3. The van der Waals surface area contributed by atoms with Crippen molar-refractivity contribution in [2.45, 2.75) is 13.0 Å². The van der Waals surface area contributed by atoms with Crippen LogP contribution in [0.1, 0.15) is 11.6 Å². The maximum atomic E-state index is 12.1. The highest BCUT2D eigenvalue weighted by Crippen LogP contribution is 2.16. The van der Waals surface area contributed by atoms with E-state index in [1.54, 1.807) is 24.3 Å². The van der Waals surface area contributed by atoms with Crippen molar-refractivity contribution in [2.24, 2.45) is 0 Å². The molecule has 0 atom stereocenters. The summed E-state index contributed by atoms with van der Waals surface area (Å²) in [5, 5.41) is 11.3. The summed E-state index contributed by atoms with van der Waals surface area (Å²) in [6, 6.07) is 16.3. The fourth-order valence-electron chi connectivity index (χ4n) is 2.65. The Morgan fingerprint density at radius 1 is 1.04 bits per heavy atom. The normalized spacial score (nSPS) is 10.8. The number of aromatic amines is 1. The van der Waals surface area contributed by atoms with Crippen LogP contribution in [0.15, 0.2) is 63.9 Å². The lowest BCUT2D eigenvalue weighted by atomic mass is 10.1. The van der Waals surface area contributed by atoms with E-state index in [4.69, 9.17) is 9.26 Å². The maximum Gasteiger partial charge on any atom is 0.312 e. The topological polar surface area (TPSA) is 111 Å².